The molecule has 1 rings (SSSR count). The molecule has 2 atom stereocenters. The Morgan fingerprint density at radius 2 is 1.95 bits per heavy atom. The summed E-state index contributed by atoms with van der Waals surface area (Å²) in [5, 5.41) is 21.8. The van der Waals surface area contributed by atoms with Gasteiger partial charge in [-0.15, -0.1) is 0 Å². The van der Waals surface area contributed by atoms with Crippen LogP contribution in [0.4, 0.5) is 0 Å². The summed E-state index contributed by atoms with van der Waals surface area (Å²) in [6, 6.07) is -1.48. The third-order valence-electron chi connectivity index (χ3n) is 3.34. The van der Waals surface area contributed by atoms with Crippen LogP contribution in [0.15, 0.2) is 6.20 Å². The van der Waals surface area contributed by atoms with E-state index in [1.165, 1.54) is 6.20 Å². The lowest BCUT2D eigenvalue weighted by atomic mass is 10.1. The van der Waals surface area contributed by atoms with Crippen LogP contribution in [0.5, 0.6) is 0 Å². The van der Waals surface area contributed by atoms with Crippen molar-refractivity contribution >= 4 is 11.9 Å². The third-order valence-corrected chi connectivity index (χ3v) is 3.34. The maximum Gasteiger partial charge on any atom is 0.130 e. The van der Waals surface area contributed by atoms with Crippen molar-refractivity contribution in [3.63, 3.8) is 0 Å². The molecule has 0 saturated carbocycles. The lowest BCUT2D eigenvalue weighted by molar-refractivity contribution is -0.889. The smallest absolute Gasteiger partial charge is 0.130 e. The molecule has 118 valence electrons. The number of likely N-dealkylation sites (N-methyl/N-ethyl adjacent to an activating group) is 1. The van der Waals surface area contributed by atoms with Gasteiger partial charge in [0.25, 0.3) is 0 Å². The molecule has 0 spiro atoms. The molecule has 0 fully saturated rings. The summed E-state index contributed by atoms with van der Waals surface area (Å²) in [6.45, 7) is 0. The molecule has 4 N–H and O–H groups in total. The van der Waals surface area contributed by atoms with Gasteiger partial charge in [-0.1, -0.05) is 0 Å². The van der Waals surface area contributed by atoms with Crippen LogP contribution in [-0.2, 0) is 22.4 Å². The lowest BCUT2D eigenvalue weighted by Gasteiger charge is -2.34. The summed E-state index contributed by atoms with van der Waals surface area (Å²) in [7, 11) is 5.38. The van der Waals surface area contributed by atoms with E-state index in [1.807, 2.05) is 0 Å². The van der Waals surface area contributed by atoms with Crippen LogP contribution >= 0.6 is 0 Å². The van der Waals surface area contributed by atoms with E-state index in [0.29, 0.717) is 24.4 Å². The summed E-state index contributed by atoms with van der Waals surface area (Å²) in [5.41, 5.74) is 4.12. The minimum atomic E-state index is -1.21. The fourth-order valence-corrected chi connectivity index (χ4v) is 2.08. The third kappa shape index (κ3) is 5.16. The van der Waals surface area contributed by atoms with Crippen molar-refractivity contribution in [1.29, 1.82) is 0 Å². The highest BCUT2D eigenvalue weighted by Crippen LogP contribution is 2.11. The monoisotopic (exact) mass is 298 g/mol. The van der Waals surface area contributed by atoms with E-state index in [9.17, 15) is 19.8 Å². The number of imidazole rings is 1. The molecule has 0 aliphatic carbocycles. The molecule has 0 unspecified atom stereocenters. The first-order valence-corrected chi connectivity index (χ1v) is 6.70. The van der Waals surface area contributed by atoms with E-state index in [1.54, 1.807) is 21.1 Å². The second kappa shape index (κ2) is 6.68. The van der Waals surface area contributed by atoms with Crippen molar-refractivity contribution in [3.05, 3.63) is 17.7 Å². The standard InChI is InChI=1S/C13H22N4O4/c1-17(2,3)10(13(20)21)4-5-11-15-7-8(16-11)6-9(14)12(18)19/h7,9-10H,4-6,14H2,1-3H3,(H2-,15,16,18,19,20,21)/t9-,10-/m0/s1. The number of carbonyl (C=O) groups is 2. The van der Waals surface area contributed by atoms with Crippen molar-refractivity contribution in [3.8, 4) is 0 Å². The summed E-state index contributed by atoms with van der Waals surface area (Å²) in [5.74, 6) is -1.69. The molecular formula is C13H22N4O4. The summed E-state index contributed by atoms with van der Waals surface area (Å²) in [6.07, 6.45) is 2.57. The molecule has 8 nitrogen and oxygen atoms in total. The number of carboxylic acid groups (broad SMARTS) is 2. The maximum absolute atomic E-state index is 11.2. The number of carboxylic acids is 2. The topological polar surface area (TPSA) is 137 Å². The van der Waals surface area contributed by atoms with Crippen LogP contribution in [-0.4, -0.2) is 59.6 Å². The fourth-order valence-electron chi connectivity index (χ4n) is 2.08. The first kappa shape index (κ1) is 17.1. The van der Waals surface area contributed by atoms with E-state index in [0.717, 1.165) is 0 Å². The Labute approximate surface area is 123 Å². The first-order valence-electron chi connectivity index (χ1n) is 6.70. The van der Waals surface area contributed by atoms with E-state index in [4.69, 9.17) is 0 Å². The molecule has 0 aliphatic heterocycles. The second-order valence-corrected chi connectivity index (χ2v) is 6.06. The highest BCUT2D eigenvalue weighted by Gasteiger charge is 2.25. The van der Waals surface area contributed by atoms with E-state index < -0.39 is 24.0 Å². The summed E-state index contributed by atoms with van der Waals surface area (Å²) in [4.78, 5) is 28.9. The van der Waals surface area contributed by atoms with Gasteiger partial charge in [-0.25, -0.2) is 4.98 Å². The Hall–Kier alpha value is -1.93. The summed E-state index contributed by atoms with van der Waals surface area (Å²) >= 11 is 0. The Bertz CT molecular complexity index is 507. The van der Waals surface area contributed by atoms with Crippen LogP contribution in [0, 0.1) is 0 Å². The van der Waals surface area contributed by atoms with Gasteiger partial charge in [-0.2, -0.15) is 0 Å². The molecule has 21 heavy (non-hydrogen) atoms. The number of nitrogens with one attached hydrogen (secondary N) is 1. The number of quaternary nitrogens is 2. The van der Waals surface area contributed by atoms with Gasteiger partial charge in [0.15, 0.2) is 0 Å². The molecule has 0 bridgehead atoms. The Morgan fingerprint density at radius 3 is 2.43 bits per heavy atom. The molecule has 0 aromatic carbocycles. The van der Waals surface area contributed by atoms with Gasteiger partial charge >= 0.3 is 0 Å². The Balaban J connectivity index is 2.62. The SMILES string of the molecule is C[N+](C)(C)[C@@H](CCc1ncc(C[C@H]([NH3+])C(=O)[O-])[nH]1)C(=O)[O-]. The van der Waals surface area contributed by atoms with Crippen molar-refractivity contribution in [1.82, 2.24) is 9.97 Å². The molecular weight excluding hydrogens is 276 g/mol. The molecule has 1 aromatic rings. The second-order valence-electron chi connectivity index (χ2n) is 6.06. The number of carbonyl (C=O) groups excluding carboxylic acids is 2. The minimum absolute atomic E-state index is 0.203. The van der Waals surface area contributed by atoms with Crippen LogP contribution in [0.3, 0.4) is 0 Å². The highest BCUT2D eigenvalue weighted by atomic mass is 16.4. The van der Waals surface area contributed by atoms with Gasteiger partial charge < -0.3 is 35.0 Å². The highest BCUT2D eigenvalue weighted by molar-refractivity contribution is 5.70. The molecule has 0 aliphatic rings. The lowest BCUT2D eigenvalue weighted by Crippen LogP contribution is -2.69. The number of rotatable bonds is 8. The number of H-pyrrole nitrogens is 1. The van der Waals surface area contributed by atoms with Crippen LogP contribution < -0.4 is 15.9 Å². The number of aromatic amines is 1. The zero-order valence-electron chi connectivity index (χ0n) is 12.6. The summed E-state index contributed by atoms with van der Waals surface area (Å²) < 4.78 is 0.265. The van der Waals surface area contributed by atoms with Crippen LogP contribution in [0.2, 0.25) is 0 Å². The van der Waals surface area contributed by atoms with Gasteiger partial charge in [-0.05, 0) is 0 Å². The van der Waals surface area contributed by atoms with Gasteiger partial charge in [-0.3, -0.25) is 0 Å². The van der Waals surface area contributed by atoms with Crippen molar-refractivity contribution < 1.29 is 30.0 Å². The first-order chi connectivity index (χ1) is 9.61. The Kier molecular flexibility index (Phi) is 5.45. The minimum Gasteiger partial charge on any atom is -0.544 e. The molecule has 8 heteroatoms. The predicted octanol–water partition coefficient (Wildman–Crippen LogP) is -3.93. The Morgan fingerprint density at radius 1 is 1.33 bits per heavy atom. The van der Waals surface area contributed by atoms with Crippen molar-refractivity contribution in [2.24, 2.45) is 0 Å². The number of nitrogens with zero attached hydrogens (tertiary/aromatic N) is 2. The normalized spacial score (nSPS) is 14.7. The zero-order chi connectivity index (χ0) is 16.2. The fraction of sp³-hybridized carbons (Fsp3) is 0.615. The zero-order valence-corrected chi connectivity index (χ0v) is 12.6. The average Bonchev–Trinajstić information content (AvgIpc) is 2.74. The number of hydrogen-bond acceptors (Lipinski definition) is 5. The quantitative estimate of drug-likeness (QED) is 0.472. The molecule has 0 saturated heterocycles. The number of hydrogen-bond donors (Lipinski definition) is 2. The number of aryl methyl sites for hydroxylation is 1. The van der Waals surface area contributed by atoms with Gasteiger partial charge in [0, 0.05) is 31.2 Å². The number of aliphatic carboxylic acids is 2. The van der Waals surface area contributed by atoms with Crippen LogP contribution in [0.1, 0.15) is 17.9 Å². The van der Waals surface area contributed by atoms with E-state index >= 15 is 0 Å². The van der Waals surface area contributed by atoms with Crippen LogP contribution in [0.25, 0.3) is 0 Å². The molecule has 1 aromatic heterocycles. The predicted molar refractivity (Wildman–Crippen MR) is 69.1 cm³/mol. The average molecular weight is 298 g/mol. The van der Waals surface area contributed by atoms with Crippen molar-refractivity contribution in [2.75, 3.05) is 21.1 Å². The molecule has 1 heterocycles. The van der Waals surface area contributed by atoms with Gasteiger partial charge in [0.2, 0.25) is 0 Å². The van der Waals surface area contributed by atoms with Gasteiger partial charge in [0.05, 0.1) is 33.1 Å². The van der Waals surface area contributed by atoms with Crippen molar-refractivity contribution in [2.45, 2.75) is 31.3 Å². The molecule has 0 radical (unpaired) electrons. The van der Waals surface area contributed by atoms with Gasteiger partial charge in [0.1, 0.15) is 17.9 Å². The largest absolute Gasteiger partial charge is 0.544 e. The molecule has 0 amide bonds. The maximum atomic E-state index is 11.2. The number of aromatic nitrogens is 2. The van der Waals surface area contributed by atoms with E-state index in [-0.39, 0.29) is 10.9 Å². The van der Waals surface area contributed by atoms with E-state index in [2.05, 4.69) is 15.7 Å².